The van der Waals surface area contributed by atoms with Crippen LogP contribution in [0, 0.1) is 5.82 Å². The number of para-hydroxylation sites is 1. The highest BCUT2D eigenvalue weighted by Gasteiger charge is 2.09. The summed E-state index contributed by atoms with van der Waals surface area (Å²) >= 11 is 6.05. The first kappa shape index (κ1) is 13.0. The van der Waals surface area contributed by atoms with Crippen LogP contribution in [0.2, 0.25) is 5.02 Å². The molecule has 4 heteroatoms. The van der Waals surface area contributed by atoms with Crippen molar-refractivity contribution in [1.82, 2.24) is 4.57 Å². The van der Waals surface area contributed by atoms with Crippen LogP contribution in [0.15, 0.2) is 48.7 Å². The first-order valence-corrected chi connectivity index (χ1v) is 6.64. The van der Waals surface area contributed by atoms with Crippen molar-refractivity contribution in [2.45, 2.75) is 6.61 Å². The Balaban J connectivity index is 1.90. The summed E-state index contributed by atoms with van der Waals surface area (Å²) in [7, 11) is 1.89. The van der Waals surface area contributed by atoms with Gasteiger partial charge in [0, 0.05) is 24.2 Å². The molecule has 0 fully saturated rings. The van der Waals surface area contributed by atoms with Crippen LogP contribution in [0.1, 0.15) is 5.56 Å². The van der Waals surface area contributed by atoms with Crippen LogP contribution in [0.5, 0.6) is 5.75 Å². The fraction of sp³-hybridized carbons (Fsp3) is 0.125. The van der Waals surface area contributed by atoms with Gasteiger partial charge in [0.05, 0.1) is 10.5 Å². The highest BCUT2D eigenvalue weighted by molar-refractivity contribution is 6.32. The smallest absolute Gasteiger partial charge is 0.138 e. The van der Waals surface area contributed by atoms with E-state index in [4.69, 9.17) is 16.3 Å². The van der Waals surface area contributed by atoms with Crippen molar-refractivity contribution in [3.63, 3.8) is 0 Å². The Labute approximate surface area is 121 Å². The molecule has 1 heterocycles. The molecule has 20 heavy (non-hydrogen) atoms. The maximum absolute atomic E-state index is 13.3. The van der Waals surface area contributed by atoms with Gasteiger partial charge in [0.15, 0.2) is 0 Å². The Kier molecular flexibility index (Phi) is 3.36. The molecule has 2 aromatic carbocycles. The summed E-state index contributed by atoms with van der Waals surface area (Å²) in [5.41, 5.74) is 1.85. The number of hydrogen-bond acceptors (Lipinski definition) is 1. The predicted octanol–water partition coefficient (Wildman–Crippen LogP) is 4.55. The van der Waals surface area contributed by atoms with Gasteiger partial charge in [-0.1, -0.05) is 23.7 Å². The molecule has 0 saturated carbocycles. The molecule has 0 aliphatic rings. The van der Waals surface area contributed by atoms with Crippen molar-refractivity contribution in [2.24, 2.45) is 7.05 Å². The van der Waals surface area contributed by atoms with E-state index < -0.39 is 0 Å². The topological polar surface area (TPSA) is 14.2 Å². The van der Waals surface area contributed by atoms with Crippen molar-refractivity contribution >= 4 is 22.5 Å². The minimum atomic E-state index is -0.239. The molecule has 3 aromatic rings. The van der Waals surface area contributed by atoms with E-state index in [0.717, 1.165) is 16.5 Å². The molecule has 0 radical (unpaired) electrons. The Bertz CT molecular complexity index is 766. The molecule has 0 unspecified atom stereocenters. The summed E-state index contributed by atoms with van der Waals surface area (Å²) in [6, 6.07) is 12.1. The number of halogens is 2. The standard InChI is InChI=1S/C16H13ClFNO/c1-19-9-11(13-7-6-12(18)8-15(13)19)10-20-16-5-3-2-4-14(16)17/h2-9H,10H2,1H3. The van der Waals surface area contributed by atoms with E-state index in [9.17, 15) is 4.39 Å². The Morgan fingerprint density at radius 3 is 2.80 bits per heavy atom. The number of aryl methyl sites for hydroxylation is 1. The molecule has 0 spiro atoms. The quantitative estimate of drug-likeness (QED) is 0.690. The first-order valence-electron chi connectivity index (χ1n) is 6.26. The Morgan fingerprint density at radius 1 is 1.20 bits per heavy atom. The number of aromatic nitrogens is 1. The van der Waals surface area contributed by atoms with Gasteiger partial charge in [-0.05, 0) is 30.3 Å². The van der Waals surface area contributed by atoms with Crippen molar-refractivity contribution in [3.05, 3.63) is 65.1 Å². The van der Waals surface area contributed by atoms with Crippen molar-refractivity contribution in [2.75, 3.05) is 0 Å². The summed E-state index contributed by atoms with van der Waals surface area (Å²) in [5.74, 6) is 0.408. The van der Waals surface area contributed by atoms with E-state index in [1.807, 2.05) is 36.0 Å². The second-order valence-corrected chi connectivity index (χ2v) is 5.05. The molecule has 1 aromatic heterocycles. The van der Waals surface area contributed by atoms with Crippen LogP contribution in [0.4, 0.5) is 4.39 Å². The fourth-order valence-electron chi connectivity index (χ4n) is 2.27. The minimum absolute atomic E-state index is 0.239. The summed E-state index contributed by atoms with van der Waals surface area (Å²) in [5, 5.41) is 1.57. The van der Waals surface area contributed by atoms with Crippen LogP contribution in [-0.4, -0.2) is 4.57 Å². The lowest BCUT2D eigenvalue weighted by atomic mass is 10.2. The molecular formula is C16H13ClFNO. The van der Waals surface area contributed by atoms with Crippen molar-refractivity contribution in [1.29, 1.82) is 0 Å². The van der Waals surface area contributed by atoms with Gasteiger partial charge in [-0.3, -0.25) is 0 Å². The molecule has 3 rings (SSSR count). The van der Waals surface area contributed by atoms with E-state index >= 15 is 0 Å². The third-order valence-corrected chi connectivity index (χ3v) is 3.57. The maximum atomic E-state index is 13.3. The molecule has 2 nitrogen and oxygen atoms in total. The van der Waals surface area contributed by atoms with Gasteiger partial charge in [0.1, 0.15) is 18.2 Å². The number of hydrogen-bond donors (Lipinski definition) is 0. The molecule has 0 aliphatic carbocycles. The van der Waals surface area contributed by atoms with Gasteiger partial charge in [0.2, 0.25) is 0 Å². The SMILES string of the molecule is Cn1cc(COc2ccccc2Cl)c2ccc(F)cc21. The van der Waals surface area contributed by atoms with E-state index in [-0.39, 0.29) is 5.82 Å². The summed E-state index contributed by atoms with van der Waals surface area (Å²) in [4.78, 5) is 0. The molecule has 0 N–H and O–H groups in total. The fourth-order valence-corrected chi connectivity index (χ4v) is 2.46. The average molecular weight is 290 g/mol. The number of fused-ring (bicyclic) bond motifs is 1. The molecule has 0 saturated heterocycles. The van der Waals surface area contributed by atoms with Crippen LogP contribution >= 0.6 is 11.6 Å². The normalized spacial score (nSPS) is 10.9. The molecular weight excluding hydrogens is 277 g/mol. The van der Waals surface area contributed by atoms with E-state index in [1.54, 1.807) is 12.1 Å². The summed E-state index contributed by atoms with van der Waals surface area (Å²) < 4.78 is 20.9. The zero-order valence-electron chi connectivity index (χ0n) is 10.9. The van der Waals surface area contributed by atoms with Gasteiger partial charge in [-0.2, -0.15) is 0 Å². The third-order valence-electron chi connectivity index (χ3n) is 3.26. The second-order valence-electron chi connectivity index (χ2n) is 4.65. The number of benzene rings is 2. The van der Waals surface area contributed by atoms with Crippen molar-refractivity contribution in [3.8, 4) is 5.75 Å². The second kappa shape index (κ2) is 5.17. The van der Waals surface area contributed by atoms with Crippen LogP contribution in [-0.2, 0) is 13.7 Å². The van der Waals surface area contributed by atoms with Gasteiger partial charge in [-0.25, -0.2) is 4.39 Å². The number of ether oxygens (including phenoxy) is 1. The number of nitrogens with zero attached hydrogens (tertiary/aromatic N) is 1. The van der Waals surface area contributed by atoms with E-state index in [1.165, 1.54) is 12.1 Å². The van der Waals surface area contributed by atoms with Crippen LogP contribution in [0.25, 0.3) is 10.9 Å². The summed E-state index contributed by atoms with van der Waals surface area (Å²) in [6.07, 6.45) is 1.95. The lowest BCUT2D eigenvalue weighted by molar-refractivity contribution is 0.307. The van der Waals surface area contributed by atoms with Crippen molar-refractivity contribution < 1.29 is 9.13 Å². The minimum Gasteiger partial charge on any atom is -0.487 e. The molecule has 0 atom stereocenters. The zero-order chi connectivity index (χ0) is 14.1. The monoisotopic (exact) mass is 289 g/mol. The predicted molar refractivity (Wildman–Crippen MR) is 78.7 cm³/mol. The highest BCUT2D eigenvalue weighted by Crippen LogP contribution is 2.26. The third kappa shape index (κ3) is 2.37. The van der Waals surface area contributed by atoms with E-state index in [2.05, 4.69) is 0 Å². The van der Waals surface area contributed by atoms with Gasteiger partial charge >= 0.3 is 0 Å². The average Bonchev–Trinajstić information content (AvgIpc) is 2.74. The van der Waals surface area contributed by atoms with Crippen LogP contribution < -0.4 is 4.74 Å². The van der Waals surface area contributed by atoms with Crippen LogP contribution in [0.3, 0.4) is 0 Å². The number of rotatable bonds is 3. The molecule has 102 valence electrons. The Hall–Kier alpha value is -2.00. The molecule has 0 amide bonds. The van der Waals surface area contributed by atoms with Gasteiger partial charge in [0.25, 0.3) is 0 Å². The lowest BCUT2D eigenvalue weighted by Crippen LogP contribution is -1.95. The van der Waals surface area contributed by atoms with Gasteiger partial charge < -0.3 is 9.30 Å². The first-order chi connectivity index (χ1) is 9.65. The van der Waals surface area contributed by atoms with Gasteiger partial charge in [-0.15, -0.1) is 0 Å². The molecule has 0 bridgehead atoms. The lowest BCUT2D eigenvalue weighted by Gasteiger charge is -2.06. The van der Waals surface area contributed by atoms with E-state index in [0.29, 0.717) is 17.4 Å². The molecule has 0 aliphatic heterocycles. The maximum Gasteiger partial charge on any atom is 0.138 e. The summed E-state index contributed by atoms with van der Waals surface area (Å²) in [6.45, 7) is 0.396. The zero-order valence-corrected chi connectivity index (χ0v) is 11.7. The largest absolute Gasteiger partial charge is 0.487 e. The Morgan fingerprint density at radius 2 is 2.00 bits per heavy atom. The highest BCUT2D eigenvalue weighted by atomic mass is 35.5.